The fourth-order valence-electron chi connectivity index (χ4n) is 2.01. The van der Waals surface area contributed by atoms with E-state index in [9.17, 15) is 4.79 Å². The Morgan fingerprint density at radius 1 is 1.64 bits per heavy atom. The van der Waals surface area contributed by atoms with Crippen molar-refractivity contribution in [1.82, 2.24) is 5.32 Å². The van der Waals surface area contributed by atoms with Gasteiger partial charge in [0.25, 0.3) is 0 Å². The molecule has 0 aromatic rings. The van der Waals surface area contributed by atoms with Crippen LogP contribution in [0.4, 0.5) is 0 Å². The van der Waals surface area contributed by atoms with Crippen LogP contribution in [0.2, 0.25) is 0 Å². The minimum absolute atomic E-state index is 0.0255. The maximum atomic E-state index is 11.0. The average molecular weight is 155 g/mol. The fourth-order valence-corrected chi connectivity index (χ4v) is 2.01. The highest BCUT2D eigenvalue weighted by Gasteiger charge is 2.42. The standard InChI is InChI=1S/C8H13NO2/c1-5(10)7-8-6(4-9-7)2-3-11-8/h6-9H,2-4H2,1H3. The highest BCUT2D eigenvalue weighted by Crippen LogP contribution is 2.28. The lowest BCUT2D eigenvalue weighted by atomic mass is 10.00. The summed E-state index contributed by atoms with van der Waals surface area (Å²) < 4.78 is 5.47. The molecule has 0 spiro atoms. The van der Waals surface area contributed by atoms with Gasteiger partial charge in [0, 0.05) is 19.1 Å². The number of nitrogens with one attached hydrogen (secondary N) is 1. The molecule has 3 heteroatoms. The Hall–Kier alpha value is -0.410. The molecule has 1 N–H and O–H groups in total. The molecule has 3 unspecified atom stereocenters. The molecule has 2 fully saturated rings. The van der Waals surface area contributed by atoms with Gasteiger partial charge >= 0.3 is 0 Å². The van der Waals surface area contributed by atoms with Crippen molar-refractivity contribution in [1.29, 1.82) is 0 Å². The van der Waals surface area contributed by atoms with Gasteiger partial charge in [-0.2, -0.15) is 0 Å². The van der Waals surface area contributed by atoms with Gasteiger partial charge < -0.3 is 10.1 Å². The molecule has 2 saturated heterocycles. The van der Waals surface area contributed by atoms with Gasteiger partial charge in [-0.1, -0.05) is 0 Å². The van der Waals surface area contributed by atoms with Crippen LogP contribution in [-0.2, 0) is 9.53 Å². The van der Waals surface area contributed by atoms with Crippen LogP contribution in [0.3, 0.4) is 0 Å². The molecular formula is C8H13NO2. The van der Waals surface area contributed by atoms with Crippen LogP contribution in [0, 0.1) is 5.92 Å². The van der Waals surface area contributed by atoms with Gasteiger partial charge in [0.1, 0.15) is 5.78 Å². The van der Waals surface area contributed by atoms with E-state index in [0.29, 0.717) is 5.92 Å². The van der Waals surface area contributed by atoms with Crippen molar-refractivity contribution in [2.45, 2.75) is 25.5 Å². The van der Waals surface area contributed by atoms with Crippen molar-refractivity contribution in [2.24, 2.45) is 5.92 Å². The molecule has 2 aliphatic rings. The van der Waals surface area contributed by atoms with Crippen LogP contribution < -0.4 is 5.32 Å². The van der Waals surface area contributed by atoms with Crippen LogP contribution in [0.1, 0.15) is 13.3 Å². The number of carbonyl (C=O) groups excluding carboxylic acids is 1. The van der Waals surface area contributed by atoms with Crippen LogP contribution in [-0.4, -0.2) is 31.1 Å². The second-order valence-corrected chi connectivity index (χ2v) is 3.38. The lowest BCUT2D eigenvalue weighted by Crippen LogP contribution is -2.37. The van der Waals surface area contributed by atoms with Crippen LogP contribution in [0.25, 0.3) is 0 Å². The summed E-state index contributed by atoms with van der Waals surface area (Å²) in [5, 5.41) is 3.18. The molecule has 0 radical (unpaired) electrons. The van der Waals surface area contributed by atoms with E-state index in [1.165, 1.54) is 0 Å². The Labute approximate surface area is 66.1 Å². The van der Waals surface area contributed by atoms with Gasteiger partial charge in [-0.25, -0.2) is 0 Å². The quantitative estimate of drug-likeness (QED) is 0.577. The number of hydrogen-bond acceptors (Lipinski definition) is 3. The third kappa shape index (κ3) is 1.08. The van der Waals surface area contributed by atoms with Gasteiger partial charge in [-0.05, 0) is 13.3 Å². The highest BCUT2D eigenvalue weighted by atomic mass is 16.5. The van der Waals surface area contributed by atoms with Crippen LogP contribution in [0.15, 0.2) is 0 Å². The second kappa shape index (κ2) is 2.57. The van der Waals surface area contributed by atoms with Gasteiger partial charge in [0.05, 0.1) is 12.1 Å². The Balaban J connectivity index is 2.08. The minimum Gasteiger partial charge on any atom is -0.376 e. The molecule has 62 valence electrons. The van der Waals surface area contributed by atoms with Gasteiger partial charge in [-0.15, -0.1) is 0 Å². The smallest absolute Gasteiger partial charge is 0.149 e. The van der Waals surface area contributed by atoms with E-state index < -0.39 is 0 Å². The number of hydrogen-bond donors (Lipinski definition) is 1. The Morgan fingerprint density at radius 2 is 2.45 bits per heavy atom. The predicted octanol–water partition coefficient (Wildman–Crippen LogP) is -0.0477. The number of carbonyl (C=O) groups is 1. The zero-order valence-corrected chi connectivity index (χ0v) is 6.67. The van der Waals surface area contributed by atoms with E-state index in [0.717, 1.165) is 19.6 Å². The number of rotatable bonds is 1. The van der Waals surface area contributed by atoms with Crippen molar-refractivity contribution in [3.05, 3.63) is 0 Å². The number of fused-ring (bicyclic) bond motifs is 1. The van der Waals surface area contributed by atoms with Crippen molar-refractivity contribution in [3.63, 3.8) is 0 Å². The molecule has 0 saturated carbocycles. The molecule has 0 aromatic heterocycles. The third-order valence-corrected chi connectivity index (χ3v) is 2.63. The van der Waals surface area contributed by atoms with Crippen LogP contribution in [0.5, 0.6) is 0 Å². The summed E-state index contributed by atoms with van der Waals surface area (Å²) in [7, 11) is 0. The van der Waals surface area contributed by atoms with E-state index in [2.05, 4.69) is 5.32 Å². The topological polar surface area (TPSA) is 38.3 Å². The molecule has 3 nitrogen and oxygen atoms in total. The van der Waals surface area contributed by atoms with Crippen molar-refractivity contribution in [2.75, 3.05) is 13.2 Å². The molecule has 2 heterocycles. The average Bonchev–Trinajstić information content (AvgIpc) is 2.41. The largest absolute Gasteiger partial charge is 0.376 e. The Kier molecular flexibility index (Phi) is 1.69. The van der Waals surface area contributed by atoms with Gasteiger partial charge in [0.2, 0.25) is 0 Å². The zero-order chi connectivity index (χ0) is 7.84. The fraction of sp³-hybridized carbons (Fsp3) is 0.875. The molecule has 11 heavy (non-hydrogen) atoms. The molecule has 0 bridgehead atoms. The summed E-state index contributed by atoms with van der Waals surface area (Å²) in [4.78, 5) is 11.0. The first-order valence-corrected chi connectivity index (χ1v) is 4.14. The summed E-state index contributed by atoms with van der Waals surface area (Å²) in [6.07, 6.45) is 1.29. The van der Waals surface area contributed by atoms with Crippen molar-refractivity contribution < 1.29 is 9.53 Å². The van der Waals surface area contributed by atoms with E-state index in [4.69, 9.17) is 4.74 Å². The number of ketones is 1. The van der Waals surface area contributed by atoms with Gasteiger partial charge in [0.15, 0.2) is 0 Å². The summed E-state index contributed by atoms with van der Waals surface area (Å²) in [6, 6.07) is -0.0255. The lowest BCUT2D eigenvalue weighted by molar-refractivity contribution is -0.121. The summed E-state index contributed by atoms with van der Waals surface area (Å²) in [5.41, 5.74) is 0. The number of Topliss-reactive ketones (excluding diaryl/α,β-unsaturated/α-hetero) is 1. The molecule has 0 aliphatic carbocycles. The predicted molar refractivity (Wildman–Crippen MR) is 40.3 cm³/mol. The first-order chi connectivity index (χ1) is 5.29. The molecule has 0 amide bonds. The highest BCUT2D eigenvalue weighted by molar-refractivity contribution is 5.82. The molecular weight excluding hydrogens is 142 g/mol. The zero-order valence-electron chi connectivity index (χ0n) is 6.67. The SMILES string of the molecule is CC(=O)C1NCC2CCOC21. The summed E-state index contributed by atoms with van der Waals surface area (Å²) in [6.45, 7) is 3.41. The van der Waals surface area contributed by atoms with E-state index >= 15 is 0 Å². The van der Waals surface area contributed by atoms with E-state index in [1.807, 2.05) is 0 Å². The van der Waals surface area contributed by atoms with E-state index in [-0.39, 0.29) is 17.9 Å². The maximum Gasteiger partial charge on any atom is 0.149 e. The normalized spacial score (nSPS) is 42.5. The molecule has 2 aliphatic heterocycles. The first kappa shape index (κ1) is 7.25. The third-order valence-electron chi connectivity index (χ3n) is 2.63. The summed E-state index contributed by atoms with van der Waals surface area (Å²) in [5.74, 6) is 0.795. The number of ether oxygens (including phenoxy) is 1. The van der Waals surface area contributed by atoms with Crippen LogP contribution >= 0.6 is 0 Å². The molecule has 2 rings (SSSR count). The van der Waals surface area contributed by atoms with Crippen molar-refractivity contribution >= 4 is 5.78 Å². The second-order valence-electron chi connectivity index (χ2n) is 3.38. The van der Waals surface area contributed by atoms with Crippen molar-refractivity contribution in [3.8, 4) is 0 Å². The lowest BCUT2D eigenvalue weighted by Gasteiger charge is -2.13. The Morgan fingerprint density at radius 3 is 3.18 bits per heavy atom. The monoisotopic (exact) mass is 155 g/mol. The van der Waals surface area contributed by atoms with Gasteiger partial charge in [-0.3, -0.25) is 4.79 Å². The first-order valence-electron chi connectivity index (χ1n) is 4.14. The summed E-state index contributed by atoms with van der Waals surface area (Å²) >= 11 is 0. The maximum absolute atomic E-state index is 11.0. The van der Waals surface area contributed by atoms with E-state index in [1.54, 1.807) is 6.92 Å². The molecule has 3 atom stereocenters. The Bertz CT molecular complexity index is 181. The molecule has 0 aromatic carbocycles. The minimum atomic E-state index is -0.0255.